The van der Waals surface area contributed by atoms with E-state index in [9.17, 15) is 13.6 Å². The van der Waals surface area contributed by atoms with Crippen molar-refractivity contribution in [2.24, 2.45) is 5.92 Å². The van der Waals surface area contributed by atoms with Crippen molar-refractivity contribution >= 4 is 18.3 Å². The Morgan fingerprint density at radius 2 is 2.00 bits per heavy atom. The van der Waals surface area contributed by atoms with E-state index in [0.29, 0.717) is 18.0 Å². The molecule has 0 bridgehead atoms. The lowest BCUT2D eigenvalue weighted by atomic mass is 10.0. The second kappa shape index (κ2) is 7.25. The van der Waals surface area contributed by atoms with Gasteiger partial charge in [0, 0.05) is 31.1 Å². The second-order valence-corrected chi connectivity index (χ2v) is 4.14. The van der Waals surface area contributed by atoms with Gasteiger partial charge in [0.15, 0.2) is 0 Å². The van der Waals surface area contributed by atoms with Crippen LogP contribution in [-0.2, 0) is 0 Å². The maximum absolute atomic E-state index is 11.9. The summed E-state index contributed by atoms with van der Waals surface area (Å²) < 4.78 is 28.1. The van der Waals surface area contributed by atoms with E-state index in [1.165, 1.54) is 24.3 Å². The van der Waals surface area contributed by atoms with E-state index >= 15 is 0 Å². The minimum absolute atomic E-state index is 0. The zero-order valence-corrected chi connectivity index (χ0v) is 10.9. The van der Waals surface area contributed by atoms with Crippen molar-refractivity contribution in [2.45, 2.75) is 6.61 Å². The van der Waals surface area contributed by atoms with Crippen LogP contribution >= 0.6 is 12.4 Å². The molecule has 106 valence electrons. The maximum atomic E-state index is 11.9. The minimum Gasteiger partial charge on any atom is -0.435 e. The van der Waals surface area contributed by atoms with Gasteiger partial charge in [0.1, 0.15) is 5.75 Å². The number of rotatable bonds is 5. The lowest BCUT2D eigenvalue weighted by molar-refractivity contribution is -0.0498. The molecule has 1 fully saturated rings. The summed E-state index contributed by atoms with van der Waals surface area (Å²) in [7, 11) is 0. The predicted molar refractivity (Wildman–Crippen MR) is 69.0 cm³/mol. The van der Waals surface area contributed by atoms with Crippen LogP contribution < -0.4 is 15.4 Å². The summed E-state index contributed by atoms with van der Waals surface area (Å²) in [6, 6.07) is 5.64. The molecule has 1 aromatic carbocycles. The van der Waals surface area contributed by atoms with E-state index in [4.69, 9.17) is 0 Å². The summed E-state index contributed by atoms with van der Waals surface area (Å²) in [6.45, 7) is -0.389. The van der Waals surface area contributed by atoms with Crippen LogP contribution in [0.25, 0.3) is 0 Å². The molecule has 1 aliphatic rings. The Kier molecular flexibility index (Phi) is 5.98. The van der Waals surface area contributed by atoms with Gasteiger partial charge in [-0.25, -0.2) is 0 Å². The first kappa shape index (κ1) is 15.7. The number of ether oxygens (including phenoxy) is 1. The van der Waals surface area contributed by atoms with Crippen molar-refractivity contribution in [1.29, 1.82) is 0 Å². The largest absolute Gasteiger partial charge is 0.435 e. The van der Waals surface area contributed by atoms with Crippen molar-refractivity contribution in [3.63, 3.8) is 0 Å². The number of nitrogens with one attached hydrogen (secondary N) is 2. The highest BCUT2D eigenvalue weighted by Gasteiger charge is 2.17. The number of benzene rings is 1. The molecule has 1 heterocycles. The maximum Gasteiger partial charge on any atom is 0.387 e. The number of hydrogen-bond acceptors (Lipinski definition) is 3. The quantitative estimate of drug-likeness (QED) is 0.868. The molecule has 0 saturated carbocycles. The van der Waals surface area contributed by atoms with Crippen molar-refractivity contribution in [3.05, 3.63) is 29.8 Å². The molecule has 4 nitrogen and oxygen atoms in total. The van der Waals surface area contributed by atoms with Crippen molar-refractivity contribution in [1.82, 2.24) is 10.6 Å². The number of carbonyl (C=O) groups is 1. The van der Waals surface area contributed by atoms with E-state index in [-0.39, 0.29) is 24.1 Å². The summed E-state index contributed by atoms with van der Waals surface area (Å²) in [5, 5.41) is 5.90. The van der Waals surface area contributed by atoms with Crippen molar-refractivity contribution in [2.75, 3.05) is 19.6 Å². The van der Waals surface area contributed by atoms with Crippen molar-refractivity contribution in [3.8, 4) is 5.75 Å². The van der Waals surface area contributed by atoms with Gasteiger partial charge in [0.2, 0.25) is 0 Å². The van der Waals surface area contributed by atoms with Crippen LogP contribution in [0.15, 0.2) is 24.3 Å². The third-order valence-corrected chi connectivity index (χ3v) is 2.76. The monoisotopic (exact) mass is 292 g/mol. The fraction of sp³-hybridized carbons (Fsp3) is 0.417. The molecule has 1 saturated heterocycles. The summed E-state index contributed by atoms with van der Waals surface area (Å²) in [4.78, 5) is 11.7. The molecule has 2 rings (SSSR count). The van der Waals surface area contributed by atoms with Crippen LogP contribution in [0.1, 0.15) is 10.4 Å². The lowest BCUT2D eigenvalue weighted by Crippen LogP contribution is -2.48. The summed E-state index contributed by atoms with van der Waals surface area (Å²) in [6.07, 6.45) is 0. The fourth-order valence-corrected chi connectivity index (χ4v) is 1.62. The highest BCUT2D eigenvalue weighted by Crippen LogP contribution is 2.14. The van der Waals surface area contributed by atoms with E-state index in [0.717, 1.165) is 13.1 Å². The molecule has 2 N–H and O–H groups in total. The molecule has 1 aliphatic heterocycles. The Bertz CT molecular complexity index is 411. The fourth-order valence-electron chi connectivity index (χ4n) is 1.62. The molecule has 0 atom stereocenters. The van der Waals surface area contributed by atoms with E-state index in [1.807, 2.05) is 0 Å². The Hall–Kier alpha value is -1.40. The summed E-state index contributed by atoms with van der Waals surface area (Å²) >= 11 is 0. The summed E-state index contributed by atoms with van der Waals surface area (Å²) in [5.41, 5.74) is 0.434. The van der Waals surface area contributed by atoms with Crippen LogP contribution in [0.5, 0.6) is 5.75 Å². The Balaban J connectivity index is 0.00000180. The third kappa shape index (κ3) is 4.65. The van der Waals surface area contributed by atoms with Gasteiger partial charge < -0.3 is 15.4 Å². The van der Waals surface area contributed by atoms with Gasteiger partial charge in [-0.2, -0.15) is 8.78 Å². The molecule has 0 radical (unpaired) electrons. The van der Waals surface area contributed by atoms with Gasteiger partial charge in [-0.3, -0.25) is 4.79 Å². The standard InChI is InChI=1S/C12H14F2N2O2.ClH/c13-12(14)18-10-3-1-9(2-4-10)11(17)16-7-8-5-15-6-8;/h1-4,8,12,15H,5-7H2,(H,16,17);1H. The zero-order chi connectivity index (χ0) is 13.0. The average molecular weight is 293 g/mol. The molecule has 1 aromatic rings. The highest BCUT2D eigenvalue weighted by atomic mass is 35.5. The van der Waals surface area contributed by atoms with Gasteiger partial charge in [-0.15, -0.1) is 12.4 Å². The topological polar surface area (TPSA) is 50.4 Å². The molecule has 19 heavy (non-hydrogen) atoms. The van der Waals surface area contributed by atoms with Gasteiger partial charge in [-0.05, 0) is 24.3 Å². The SMILES string of the molecule is Cl.O=C(NCC1CNC1)c1ccc(OC(F)F)cc1. The summed E-state index contributed by atoms with van der Waals surface area (Å²) in [5.74, 6) is 0.325. The second-order valence-electron chi connectivity index (χ2n) is 4.14. The number of alkyl halides is 2. The number of carbonyl (C=O) groups excluding carboxylic acids is 1. The molecule has 7 heteroatoms. The Morgan fingerprint density at radius 3 is 2.47 bits per heavy atom. The first-order valence-electron chi connectivity index (χ1n) is 5.69. The Morgan fingerprint density at radius 1 is 1.37 bits per heavy atom. The minimum atomic E-state index is -2.85. The number of amides is 1. The smallest absolute Gasteiger partial charge is 0.387 e. The Labute approximate surface area is 115 Å². The van der Waals surface area contributed by atoms with Gasteiger partial charge in [-0.1, -0.05) is 0 Å². The molecule has 0 aliphatic carbocycles. The number of halogens is 3. The molecule has 0 aromatic heterocycles. The van der Waals surface area contributed by atoms with Crippen LogP contribution in [0.4, 0.5) is 8.78 Å². The molecule has 0 spiro atoms. The first-order valence-corrected chi connectivity index (χ1v) is 5.69. The van der Waals surface area contributed by atoms with E-state index < -0.39 is 6.61 Å². The van der Waals surface area contributed by atoms with Gasteiger partial charge in [0.05, 0.1) is 0 Å². The van der Waals surface area contributed by atoms with E-state index in [1.54, 1.807) is 0 Å². The van der Waals surface area contributed by atoms with Gasteiger partial charge >= 0.3 is 6.61 Å². The molecular weight excluding hydrogens is 278 g/mol. The van der Waals surface area contributed by atoms with E-state index in [2.05, 4.69) is 15.4 Å². The van der Waals surface area contributed by atoms with Gasteiger partial charge in [0.25, 0.3) is 5.91 Å². The normalized spacial score (nSPS) is 14.5. The van der Waals surface area contributed by atoms with Crippen LogP contribution in [0, 0.1) is 5.92 Å². The third-order valence-electron chi connectivity index (χ3n) is 2.76. The molecular formula is C12H15ClF2N2O2. The van der Waals surface area contributed by atoms with Crippen LogP contribution in [0.3, 0.4) is 0 Å². The first-order chi connectivity index (χ1) is 8.65. The zero-order valence-electron chi connectivity index (χ0n) is 10.1. The average Bonchev–Trinajstić information content (AvgIpc) is 2.27. The van der Waals surface area contributed by atoms with Crippen LogP contribution in [0.2, 0.25) is 0 Å². The predicted octanol–water partition coefficient (Wildman–Crippen LogP) is 1.66. The molecule has 1 amide bonds. The van der Waals surface area contributed by atoms with Crippen molar-refractivity contribution < 1.29 is 18.3 Å². The molecule has 0 unspecified atom stereocenters. The highest BCUT2D eigenvalue weighted by molar-refractivity contribution is 5.94. The number of hydrogen-bond donors (Lipinski definition) is 2. The van der Waals surface area contributed by atoms with Crippen LogP contribution in [-0.4, -0.2) is 32.2 Å². The lowest BCUT2D eigenvalue weighted by Gasteiger charge is -2.27.